The van der Waals surface area contributed by atoms with E-state index in [1.807, 2.05) is 0 Å². The molecule has 1 N–H and O–H groups in total. The van der Waals surface area contributed by atoms with Gasteiger partial charge in [-0.3, -0.25) is 5.10 Å². The highest BCUT2D eigenvalue weighted by molar-refractivity contribution is 5.96. The topological polar surface area (TPSA) is 81.3 Å². The van der Waals surface area contributed by atoms with E-state index in [1.165, 1.54) is 13.8 Å². The number of hydrogen-bond donors (Lipinski definition) is 1. The molecule has 0 aliphatic heterocycles. The number of carbonyl (C=O) groups excluding carboxylic acids is 2. The van der Waals surface area contributed by atoms with Crippen molar-refractivity contribution >= 4 is 11.9 Å². The van der Waals surface area contributed by atoms with Crippen molar-refractivity contribution in [3.8, 4) is 0 Å². The second-order valence-corrected chi connectivity index (χ2v) is 3.65. The van der Waals surface area contributed by atoms with Gasteiger partial charge in [-0.05, 0) is 13.8 Å². The normalized spacial score (nSPS) is 11.2. The number of ether oxygens (including phenoxy) is 2. The van der Waals surface area contributed by atoms with Crippen LogP contribution >= 0.6 is 0 Å². The lowest BCUT2D eigenvalue weighted by atomic mass is 10.1. The van der Waals surface area contributed by atoms with Crippen molar-refractivity contribution < 1.29 is 27.8 Å². The fourth-order valence-corrected chi connectivity index (χ4v) is 1.47. The lowest BCUT2D eigenvalue weighted by Crippen LogP contribution is -2.19. The number of H-pyrrole nitrogens is 1. The molecule has 0 atom stereocenters. The van der Waals surface area contributed by atoms with Gasteiger partial charge in [-0.15, -0.1) is 0 Å². The van der Waals surface area contributed by atoms with E-state index in [9.17, 15) is 18.4 Å². The van der Waals surface area contributed by atoms with Crippen LogP contribution < -0.4 is 0 Å². The summed E-state index contributed by atoms with van der Waals surface area (Å²) < 4.78 is 36.3. The Kier molecular flexibility index (Phi) is 4.57. The van der Waals surface area contributed by atoms with Gasteiger partial charge in [0, 0.05) is 6.92 Å². The van der Waals surface area contributed by atoms with Gasteiger partial charge in [0.1, 0.15) is 0 Å². The predicted molar refractivity (Wildman–Crippen MR) is 60.1 cm³/mol. The summed E-state index contributed by atoms with van der Waals surface area (Å²) in [6.07, 6.45) is 0. The average Bonchev–Trinajstić information content (AvgIpc) is 2.73. The number of hydrogen-bond acceptors (Lipinski definition) is 5. The first kappa shape index (κ1) is 15.1. The zero-order valence-electron chi connectivity index (χ0n) is 10.8. The maximum atomic E-state index is 13.5. The van der Waals surface area contributed by atoms with E-state index < -0.39 is 34.8 Å². The van der Waals surface area contributed by atoms with Crippen molar-refractivity contribution in [1.82, 2.24) is 10.2 Å². The number of aromatic nitrogens is 2. The molecule has 1 aromatic heterocycles. The molecule has 0 saturated carbocycles. The molecule has 6 nitrogen and oxygen atoms in total. The highest BCUT2D eigenvalue weighted by Crippen LogP contribution is 2.32. The van der Waals surface area contributed by atoms with E-state index in [1.54, 1.807) is 0 Å². The minimum Gasteiger partial charge on any atom is -0.461 e. The fraction of sp³-hybridized carbons (Fsp3) is 0.545. The number of halogens is 2. The summed E-state index contributed by atoms with van der Waals surface area (Å²) >= 11 is 0. The molecule has 0 unspecified atom stereocenters. The molecule has 0 radical (unpaired) electrons. The van der Waals surface area contributed by atoms with E-state index in [0.29, 0.717) is 6.92 Å². The van der Waals surface area contributed by atoms with E-state index in [0.717, 1.165) is 0 Å². The monoisotopic (exact) mass is 276 g/mol. The number of rotatable bonds is 5. The van der Waals surface area contributed by atoms with Gasteiger partial charge in [0.25, 0.3) is 5.92 Å². The van der Waals surface area contributed by atoms with Crippen molar-refractivity contribution in [2.45, 2.75) is 26.7 Å². The number of alkyl halides is 2. The first-order valence-corrected chi connectivity index (χ1v) is 5.63. The third kappa shape index (κ3) is 3.27. The third-order valence-electron chi connectivity index (χ3n) is 2.15. The molecular formula is C11H14F2N2O4. The Morgan fingerprint density at radius 3 is 2.21 bits per heavy atom. The first-order chi connectivity index (χ1) is 8.82. The van der Waals surface area contributed by atoms with Gasteiger partial charge in [-0.25, -0.2) is 18.4 Å². The van der Waals surface area contributed by atoms with Gasteiger partial charge in [-0.1, -0.05) is 0 Å². The first-order valence-electron chi connectivity index (χ1n) is 5.63. The predicted octanol–water partition coefficient (Wildman–Crippen LogP) is 1.87. The Morgan fingerprint density at radius 2 is 1.74 bits per heavy atom. The van der Waals surface area contributed by atoms with Crippen LogP contribution in [0.3, 0.4) is 0 Å². The van der Waals surface area contributed by atoms with E-state index >= 15 is 0 Å². The van der Waals surface area contributed by atoms with Gasteiger partial charge in [0.2, 0.25) is 0 Å². The zero-order chi connectivity index (χ0) is 14.6. The fourth-order valence-electron chi connectivity index (χ4n) is 1.47. The maximum absolute atomic E-state index is 13.5. The summed E-state index contributed by atoms with van der Waals surface area (Å²) in [5, 5.41) is 5.52. The summed E-state index contributed by atoms with van der Waals surface area (Å²) in [4.78, 5) is 23.0. The second-order valence-electron chi connectivity index (χ2n) is 3.65. The summed E-state index contributed by atoms with van der Waals surface area (Å²) in [5.74, 6) is -5.45. The lowest BCUT2D eigenvalue weighted by molar-refractivity contribution is 0.0116. The van der Waals surface area contributed by atoms with Crippen LogP contribution in [0.5, 0.6) is 0 Å². The third-order valence-corrected chi connectivity index (χ3v) is 2.15. The Morgan fingerprint density at radius 1 is 1.21 bits per heavy atom. The minimum atomic E-state index is -3.43. The van der Waals surface area contributed by atoms with E-state index in [-0.39, 0.29) is 13.2 Å². The standard InChI is InChI=1S/C11H14F2N2O4/c1-4-18-9(16)7-6(11(3,12)13)8(15-14-7)10(17)19-5-2/h4-5H2,1-3H3,(H,14,15). The molecule has 0 spiro atoms. The van der Waals surface area contributed by atoms with Gasteiger partial charge in [-0.2, -0.15) is 5.10 Å². The van der Waals surface area contributed by atoms with Crippen molar-refractivity contribution in [3.05, 3.63) is 17.0 Å². The van der Waals surface area contributed by atoms with Crippen LogP contribution in [0.1, 0.15) is 47.3 Å². The molecular weight excluding hydrogens is 262 g/mol. The van der Waals surface area contributed by atoms with Crippen LogP contribution in [0.4, 0.5) is 8.78 Å². The van der Waals surface area contributed by atoms with Gasteiger partial charge in [0.15, 0.2) is 11.4 Å². The number of aromatic amines is 1. The zero-order valence-corrected chi connectivity index (χ0v) is 10.8. The Balaban J connectivity index is 3.28. The highest BCUT2D eigenvalue weighted by atomic mass is 19.3. The highest BCUT2D eigenvalue weighted by Gasteiger charge is 2.39. The number of esters is 2. The van der Waals surface area contributed by atoms with E-state index in [4.69, 9.17) is 0 Å². The molecule has 0 aliphatic carbocycles. The van der Waals surface area contributed by atoms with Gasteiger partial charge in [0.05, 0.1) is 18.8 Å². The Hall–Kier alpha value is -1.99. The Labute approximate surface area is 108 Å². The number of carbonyl (C=O) groups is 2. The van der Waals surface area contributed by atoms with Crippen molar-refractivity contribution in [2.24, 2.45) is 0 Å². The molecule has 8 heteroatoms. The average molecular weight is 276 g/mol. The van der Waals surface area contributed by atoms with Crippen LogP contribution in [0.15, 0.2) is 0 Å². The van der Waals surface area contributed by atoms with Gasteiger partial charge >= 0.3 is 11.9 Å². The minimum absolute atomic E-state index is 0.00909. The molecule has 0 saturated heterocycles. The molecule has 1 heterocycles. The Bertz CT molecular complexity index is 444. The molecule has 106 valence electrons. The van der Waals surface area contributed by atoms with Crippen LogP contribution in [0.25, 0.3) is 0 Å². The molecule has 0 bridgehead atoms. The molecule has 0 aromatic carbocycles. The summed E-state index contributed by atoms with van der Waals surface area (Å²) in [6.45, 7) is 3.64. The number of nitrogens with zero attached hydrogens (tertiary/aromatic N) is 1. The molecule has 0 aliphatic rings. The molecule has 1 aromatic rings. The quantitative estimate of drug-likeness (QED) is 0.830. The van der Waals surface area contributed by atoms with Crippen molar-refractivity contribution in [1.29, 1.82) is 0 Å². The summed E-state index contributed by atoms with van der Waals surface area (Å²) in [6, 6.07) is 0. The van der Waals surface area contributed by atoms with Crippen molar-refractivity contribution in [3.63, 3.8) is 0 Å². The van der Waals surface area contributed by atoms with Crippen LogP contribution in [0.2, 0.25) is 0 Å². The van der Waals surface area contributed by atoms with Gasteiger partial charge < -0.3 is 9.47 Å². The molecule has 0 amide bonds. The van der Waals surface area contributed by atoms with Crippen LogP contribution in [0, 0.1) is 0 Å². The molecule has 0 fully saturated rings. The van der Waals surface area contributed by atoms with E-state index in [2.05, 4.69) is 19.7 Å². The summed E-state index contributed by atoms with van der Waals surface area (Å²) in [7, 11) is 0. The molecule has 19 heavy (non-hydrogen) atoms. The SMILES string of the molecule is CCOC(=O)c1n[nH]c(C(=O)OCC)c1C(C)(F)F. The number of nitrogens with one attached hydrogen (secondary N) is 1. The smallest absolute Gasteiger partial charge is 0.359 e. The second kappa shape index (κ2) is 5.77. The van der Waals surface area contributed by atoms with Crippen LogP contribution in [-0.4, -0.2) is 35.3 Å². The summed E-state index contributed by atoms with van der Waals surface area (Å²) in [5.41, 5.74) is -1.97. The van der Waals surface area contributed by atoms with Crippen LogP contribution in [-0.2, 0) is 15.4 Å². The molecule has 1 rings (SSSR count). The van der Waals surface area contributed by atoms with Crippen molar-refractivity contribution in [2.75, 3.05) is 13.2 Å². The lowest BCUT2D eigenvalue weighted by Gasteiger charge is -2.12. The maximum Gasteiger partial charge on any atom is 0.359 e. The largest absolute Gasteiger partial charge is 0.461 e.